The second-order valence-electron chi connectivity index (χ2n) is 5.28. The molecule has 24 heavy (non-hydrogen) atoms. The highest BCUT2D eigenvalue weighted by molar-refractivity contribution is 6.30. The first-order valence-electron chi connectivity index (χ1n) is 7.62. The first-order chi connectivity index (χ1) is 11.5. The lowest BCUT2D eigenvalue weighted by Crippen LogP contribution is -2.41. The summed E-state index contributed by atoms with van der Waals surface area (Å²) >= 11 is 5.77. The summed E-state index contributed by atoms with van der Waals surface area (Å²) in [4.78, 5) is 24.1. The summed E-state index contributed by atoms with van der Waals surface area (Å²) in [6.07, 6.45) is 0.932. The molecule has 0 bridgehead atoms. The molecule has 2 aromatic carbocycles. The number of ether oxygens (including phenoxy) is 1. The molecule has 0 aliphatic carbocycles. The van der Waals surface area contributed by atoms with Crippen LogP contribution in [0.4, 0.5) is 0 Å². The number of rotatable bonds is 5. The third-order valence-corrected chi connectivity index (χ3v) is 3.66. The van der Waals surface area contributed by atoms with Crippen molar-refractivity contribution in [2.45, 2.75) is 26.4 Å². The zero-order valence-electron chi connectivity index (χ0n) is 13.5. The lowest BCUT2D eigenvalue weighted by Gasteiger charge is -2.13. The predicted octanol–water partition coefficient (Wildman–Crippen LogP) is 3.59. The Labute approximate surface area is 145 Å². The van der Waals surface area contributed by atoms with Gasteiger partial charge in [-0.05, 0) is 55.8 Å². The molecular weight excluding hydrogens is 328 g/mol. The van der Waals surface area contributed by atoms with Gasteiger partial charge < -0.3 is 4.74 Å². The second-order valence-corrected chi connectivity index (χ2v) is 5.72. The molecule has 0 saturated heterocycles. The summed E-state index contributed by atoms with van der Waals surface area (Å²) in [5.41, 5.74) is 5.54. The van der Waals surface area contributed by atoms with Crippen molar-refractivity contribution in [2.75, 3.05) is 0 Å². The zero-order chi connectivity index (χ0) is 17.5. The summed E-state index contributed by atoms with van der Waals surface area (Å²) in [6.45, 7) is 3.98. The van der Waals surface area contributed by atoms with E-state index in [-0.39, 0.29) is 6.10 Å². The summed E-state index contributed by atoms with van der Waals surface area (Å²) in [5, 5.41) is 0.536. The Hall–Kier alpha value is -2.53. The Balaban J connectivity index is 1.96. The van der Waals surface area contributed by atoms with Crippen molar-refractivity contribution >= 4 is 23.4 Å². The summed E-state index contributed by atoms with van der Waals surface area (Å²) < 4.78 is 5.68. The average Bonchev–Trinajstić information content (AvgIpc) is 2.60. The van der Waals surface area contributed by atoms with Gasteiger partial charge in [-0.3, -0.25) is 20.4 Å². The molecule has 5 nitrogen and oxygen atoms in total. The maximum absolute atomic E-state index is 12.1. The van der Waals surface area contributed by atoms with Gasteiger partial charge in [-0.1, -0.05) is 24.6 Å². The first kappa shape index (κ1) is 17.8. The fourth-order valence-corrected chi connectivity index (χ4v) is 2.01. The van der Waals surface area contributed by atoms with Crippen LogP contribution in [-0.4, -0.2) is 17.9 Å². The van der Waals surface area contributed by atoms with Crippen LogP contribution in [0.1, 0.15) is 41.0 Å². The minimum Gasteiger partial charge on any atom is -0.491 e. The molecule has 6 heteroatoms. The third kappa shape index (κ3) is 4.99. The molecule has 1 atom stereocenters. The van der Waals surface area contributed by atoms with Crippen LogP contribution in [0, 0.1) is 0 Å². The van der Waals surface area contributed by atoms with Crippen LogP contribution in [0.3, 0.4) is 0 Å². The topological polar surface area (TPSA) is 67.4 Å². The number of carbonyl (C=O) groups excluding carboxylic acids is 2. The highest BCUT2D eigenvalue weighted by Gasteiger charge is 2.10. The summed E-state index contributed by atoms with van der Waals surface area (Å²) in [5.74, 6) is -0.236. The summed E-state index contributed by atoms with van der Waals surface area (Å²) in [6, 6.07) is 13.2. The van der Waals surface area contributed by atoms with Gasteiger partial charge in [-0.25, -0.2) is 0 Å². The highest BCUT2D eigenvalue weighted by atomic mass is 35.5. The van der Waals surface area contributed by atoms with Crippen LogP contribution in [-0.2, 0) is 0 Å². The van der Waals surface area contributed by atoms with Crippen molar-refractivity contribution in [1.29, 1.82) is 0 Å². The molecule has 0 saturated carbocycles. The minimum atomic E-state index is -0.424. The van der Waals surface area contributed by atoms with Crippen LogP contribution in [0.25, 0.3) is 0 Å². The van der Waals surface area contributed by atoms with Crippen LogP contribution in [0.2, 0.25) is 5.02 Å². The number of nitrogens with one attached hydrogen (secondary N) is 2. The SMILES string of the molecule is CC[C@H](C)Oc1cccc(C(=O)NNC(=O)c2ccc(Cl)cc2)c1. The standard InChI is InChI=1S/C18H19ClN2O3/c1-3-12(2)24-16-6-4-5-14(11-16)18(23)21-20-17(22)13-7-9-15(19)10-8-13/h4-12H,3H2,1-2H3,(H,20,22)(H,21,23)/t12-/m0/s1. The van der Waals surface area contributed by atoms with Gasteiger partial charge in [0.15, 0.2) is 0 Å². The lowest BCUT2D eigenvalue weighted by atomic mass is 10.2. The fourth-order valence-electron chi connectivity index (χ4n) is 1.89. The van der Waals surface area contributed by atoms with Crippen molar-refractivity contribution in [3.05, 3.63) is 64.7 Å². The molecule has 2 N–H and O–H groups in total. The largest absolute Gasteiger partial charge is 0.491 e. The molecule has 0 radical (unpaired) electrons. The van der Waals surface area contributed by atoms with E-state index < -0.39 is 11.8 Å². The third-order valence-electron chi connectivity index (χ3n) is 3.40. The number of amides is 2. The Morgan fingerprint density at radius 3 is 2.29 bits per heavy atom. The first-order valence-corrected chi connectivity index (χ1v) is 8.00. The van der Waals surface area contributed by atoms with Gasteiger partial charge in [-0.15, -0.1) is 0 Å². The Bertz CT molecular complexity index is 716. The van der Waals surface area contributed by atoms with Crippen LogP contribution in [0.5, 0.6) is 5.75 Å². The van der Waals surface area contributed by atoms with E-state index in [1.807, 2.05) is 13.8 Å². The molecule has 126 valence electrons. The number of halogens is 1. The predicted molar refractivity (Wildman–Crippen MR) is 93.2 cm³/mol. The van der Waals surface area contributed by atoms with E-state index >= 15 is 0 Å². The number of benzene rings is 2. The van der Waals surface area contributed by atoms with Crippen molar-refractivity contribution in [2.24, 2.45) is 0 Å². The van der Waals surface area contributed by atoms with E-state index in [2.05, 4.69) is 10.9 Å². The van der Waals surface area contributed by atoms with E-state index in [4.69, 9.17) is 16.3 Å². The second kappa shape index (κ2) is 8.36. The van der Waals surface area contributed by atoms with E-state index in [0.29, 0.717) is 21.9 Å². The minimum absolute atomic E-state index is 0.0629. The molecule has 0 aliphatic rings. The van der Waals surface area contributed by atoms with E-state index in [9.17, 15) is 9.59 Å². The molecule has 0 aromatic heterocycles. The van der Waals surface area contributed by atoms with Gasteiger partial charge >= 0.3 is 0 Å². The van der Waals surface area contributed by atoms with Gasteiger partial charge in [0.1, 0.15) is 5.75 Å². The molecular formula is C18H19ClN2O3. The molecule has 0 unspecified atom stereocenters. The van der Waals surface area contributed by atoms with Crippen molar-refractivity contribution in [1.82, 2.24) is 10.9 Å². The number of hydrogen-bond acceptors (Lipinski definition) is 3. The molecule has 2 aromatic rings. The highest BCUT2D eigenvalue weighted by Crippen LogP contribution is 2.16. The van der Waals surface area contributed by atoms with Crippen LogP contribution >= 0.6 is 11.6 Å². The Morgan fingerprint density at radius 1 is 1.04 bits per heavy atom. The fraction of sp³-hybridized carbons (Fsp3) is 0.222. The monoisotopic (exact) mass is 346 g/mol. The van der Waals surface area contributed by atoms with Crippen molar-refractivity contribution in [3.63, 3.8) is 0 Å². The molecule has 0 fully saturated rings. The maximum Gasteiger partial charge on any atom is 0.269 e. The summed E-state index contributed by atoms with van der Waals surface area (Å²) in [7, 11) is 0. The van der Waals surface area contributed by atoms with Gasteiger partial charge in [0.25, 0.3) is 11.8 Å². The normalized spacial score (nSPS) is 11.5. The van der Waals surface area contributed by atoms with Gasteiger partial charge in [0.05, 0.1) is 6.10 Å². The smallest absolute Gasteiger partial charge is 0.269 e. The quantitative estimate of drug-likeness (QED) is 0.813. The van der Waals surface area contributed by atoms with Gasteiger partial charge in [0.2, 0.25) is 0 Å². The molecule has 0 spiro atoms. The van der Waals surface area contributed by atoms with Crippen molar-refractivity contribution < 1.29 is 14.3 Å². The van der Waals surface area contributed by atoms with E-state index in [1.165, 1.54) is 0 Å². The van der Waals surface area contributed by atoms with Crippen LogP contribution in [0.15, 0.2) is 48.5 Å². The molecule has 0 heterocycles. The number of carbonyl (C=O) groups is 2. The molecule has 2 rings (SSSR count). The lowest BCUT2D eigenvalue weighted by molar-refractivity contribution is 0.0846. The van der Waals surface area contributed by atoms with Crippen molar-refractivity contribution in [3.8, 4) is 5.75 Å². The Morgan fingerprint density at radius 2 is 1.67 bits per heavy atom. The maximum atomic E-state index is 12.1. The van der Waals surface area contributed by atoms with Gasteiger partial charge in [0, 0.05) is 16.1 Å². The number of hydrazine groups is 1. The number of hydrogen-bond donors (Lipinski definition) is 2. The van der Waals surface area contributed by atoms with Gasteiger partial charge in [-0.2, -0.15) is 0 Å². The molecule has 2 amide bonds. The zero-order valence-corrected chi connectivity index (χ0v) is 14.3. The van der Waals surface area contributed by atoms with Crippen LogP contribution < -0.4 is 15.6 Å². The van der Waals surface area contributed by atoms with E-state index in [1.54, 1.807) is 48.5 Å². The average molecular weight is 347 g/mol. The molecule has 0 aliphatic heterocycles. The van der Waals surface area contributed by atoms with E-state index in [0.717, 1.165) is 6.42 Å². The Kier molecular flexibility index (Phi) is 6.21.